The third-order valence-electron chi connectivity index (χ3n) is 6.12. The van der Waals surface area contributed by atoms with Crippen LogP contribution in [0.25, 0.3) is 11.1 Å². The number of aliphatic imine (C=N–C) groups is 1. The maximum Gasteiger partial charge on any atom is 0.172 e. The van der Waals surface area contributed by atoms with Crippen LogP contribution in [0.1, 0.15) is 36.6 Å². The van der Waals surface area contributed by atoms with Crippen LogP contribution < -0.4 is 5.73 Å². The molecule has 0 aromatic carbocycles. The predicted octanol–water partition coefficient (Wildman–Crippen LogP) is 3.69. The van der Waals surface area contributed by atoms with Gasteiger partial charge in [0, 0.05) is 34.2 Å². The van der Waals surface area contributed by atoms with Crippen LogP contribution >= 0.6 is 11.3 Å². The number of aromatic nitrogens is 1. The van der Waals surface area contributed by atoms with Crippen molar-refractivity contribution in [1.29, 1.82) is 0 Å². The van der Waals surface area contributed by atoms with Gasteiger partial charge >= 0.3 is 0 Å². The highest BCUT2D eigenvalue weighted by Gasteiger charge is 2.69. The minimum atomic E-state index is -0.744. The zero-order valence-corrected chi connectivity index (χ0v) is 15.3. The summed E-state index contributed by atoms with van der Waals surface area (Å²) in [7, 11) is 0. The molecule has 3 atom stereocenters. The van der Waals surface area contributed by atoms with Gasteiger partial charge in [0.15, 0.2) is 11.3 Å². The molecule has 0 radical (unpaired) electrons. The van der Waals surface area contributed by atoms with Gasteiger partial charge in [-0.2, -0.15) is 0 Å². The van der Waals surface area contributed by atoms with E-state index in [1.54, 1.807) is 11.3 Å². The number of hydrogen-bond donors (Lipinski definition) is 1. The molecule has 0 saturated heterocycles. The average Bonchev–Trinajstić information content (AvgIpc) is 3.49. The number of carbonyl (C=O) groups excluding carboxylic acids is 1. The van der Waals surface area contributed by atoms with E-state index in [0.29, 0.717) is 11.8 Å². The smallest absolute Gasteiger partial charge is 0.172 e. The zero-order chi connectivity index (χ0) is 17.4. The molecule has 1 aliphatic heterocycles. The van der Waals surface area contributed by atoms with Crippen molar-refractivity contribution in [2.75, 3.05) is 0 Å². The number of fused-ring (bicyclic) bond motifs is 1. The van der Waals surface area contributed by atoms with Crippen molar-refractivity contribution >= 4 is 23.0 Å². The van der Waals surface area contributed by atoms with E-state index in [0.717, 1.165) is 40.8 Å². The number of carbonyl (C=O) groups is 1. The highest BCUT2D eigenvalue weighted by molar-refractivity contribution is 7.10. The second kappa shape index (κ2) is 4.79. The largest absolute Gasteiger partial charge is 0.387 e. The lowest BCUT2D eigenvalue weighted by Crippen LogP contribution is -2.47. The summed E-state index contributed by atoms with van der Waals surface area (Å²) in [6, 6.07) is 4.27. The molecule has 3 unspecified atom stereocenters. The third-order valence-corrected chi connectivity index (χ3v) is 7.17. The molecule has 5 heteroatoms. The number of hydrogen-bond acceptors (Lipinski definition) is 5. The van der Waals surface area contributed by atoms with Crippen LogP contribution in [-0.4, -0.2) is 16.6 Å². The van der Waals surface area contributed by atoms with Gasteiger partial charge < -0.3 is 5.73 Å². The lowest BCUT2D eigenvalue weighted by molar-refractivity contribution is -0.130. The second-order valence-electron chi connectivity index (χ2n) is 8.03. The summed E-state index contributed by atoms with van der Waals surface area (Å²) < 4.78 is 0. The highest BCUT2D eigenvalue weighted by Crippen LogP contribution is 2.64. The number of Topliss-reactive ketones (excluding diaryl/α,β-unsaturated/α-hetero) is 1. The van der Waals surface area contributed by atoms with Crippen molar-refractivity contribution in [3.63, 3.8) is 0 Å². The molecule has 2 aromatic heterocycles. The maximum atomic E-state index is 13.5. The molecule has 2 aromatic rings. The summed E-state index contributed by atoms with van der Waals surface area (Å²) in [6.07, 6.45) is 6.70. The van der Waals surface area contributed by atoms with Crippen molar-refractivity contribution in [2.24, 2.45) is 28.0 Å². The topological polar surface area (TPSA) is 68.3 Å². The number of amidine groups is 1. The van der Waals surface area contributed by atoms with Crippen molar-refractivity contribution in [2.45, 2.75) is 38.6 Å². The number of thiophene rings is 1. The quantitative estimate of drug-likeness (QED) is 0.917. The average molecular weight is 351 g/mol. The number of rotatable bonds is 3. The third kappa shape index (κ3) is 2.02. The van der Waals surface area contributed by atoms with E-state index >= 15 is 0 Å². The van der Waals surface area contributed by atoms with E-state index < -0.39 is 5.54 Å². The zero-order valence-electron chi connectivity index (χ0n) is 14.5. The Morgan fingerprint density at radius 2 is 2.04 bits per heavy atom. The van der Waals surface area contributed by atoms with Crippen LogP contribution in [0.15, 0.2) is 34.9 Å². The summed E-state index contributed by atoms with van der Waals surface area (Å²) in [6.45, 7) is 4.11. The summed E-state index contributed by atoms with van der Waals surface area (Å²) in [5, 5.41) is 2.12. The van der Waals surface area contributed by atoms with Gasteiger partial charge in [-0.15, -0.1) is 11.3 Å². The Labute approximate surface area is 151 Å². The van der Waals surface area contributed by atoms with Crippen LogP contribution in [0.3, 0.4) is 0 Å². The molecule has 3 aliphatic rings. The van der Waals surface area contributed by atoms with Gasteiger partial charge in [-0.25, -0.2) is 0 Å². The Balaban J connectivity index is 1.63. The molecular weight excluding hydrogens is 330 g/mol. The van der Waals surface area contributed by atoms with Gasteiger partial charge in [-0.1, -0.05) is 6.92 Å². The first-order valence-electron chi connectivity index (χ1n) is 8.86. The number of nitrogens with zero attached hydrogens (tertiary/aromatic N) is 2. The summed E-state index contributed by atoms with van der Waals surface area (Å²) in [5.74, 6) is 1.44. The Kier molecular flexibility index (Phi) is 2.92. The minimum absolute atomic E-state index is 0.160. The van der Waals surface area contributed by atoms with Gasteiger partial charge in [0.2, 0.25) is 0 Å². The van der Waals surface area contributed by atoms with E-state index in [2.05, 4.69) is 29.4 Å². The number of ketones is 1. The summed E-state index contributed by atoms with van der Waals surface area (Å²) in [5.41, 5.74) is 8.56. The Hall–Kier alpha value is -2.01. The summed E-state index contributed by atoms with van der Waals surface area (Å²) in [4.78, 5) is 23.7. The van der Waals surface area contributed by atoms with Gasteiger partial charge in [0.25, 0.3) is 0 Å². The first-order valence-corrected chi connectivity index (χ1v) is 9.74. The van der Waals surface area contributed by atoms with E-state index in [1.165, 1.54) is 0 Å². The highest BCUT2D eigenvalue weighted by atomic mass is 32.1. The molecule has 0 spiro atoms. The fourth-order valence-corrected chi connectivity index (χ4v) is 5.50. The first kappa shape index (κ1) is 15.3. The molecule has 25 heavy (non-hydrogen) atoms. The molecule has 2 N–H and O–H groups in total. The van der Waals surface area contributed by atoms with Gasteiger partial charge in [-0.3, -0.25) is 14.8 Å². The maximum absolute atomic E-state index is 13.5. The first-order chi connectivity index (χ1) is 11.9. The van der Waals surface area contributed by atoms with Crippen LogP contribution in [-0.2, 0) is 10.3 Å². The molecule has 5 rings (SSSR count). The lowest BCUT2D eigenvalue weighted by Gasteiger charge is -2.34. The molecule has 3 heterocycles. The standard InChI is InChI=1S/C20H21N3OS/c1-11-5-12(9-22-8-11)13-6-16(25-10-13)20(14-3-4-14)18(24)19(2)7-15(19)17(21)23-20/h5-6,8-10,14-15H,3-4,7H2,1-2H3,(H2,21,23). The Bertz CT molecular complexity index is 929. The van der Waals surface area contributed by atoms with Crippen LogP contribution in [0.2, 0.25) is 0 Å². The fourth-order valence-electron chi connectivity index (χ4n) is 4.36. The predicted molar refractivity (Wildman–Crippen MR) is 99.5 cm³/mol. The molecule has 2 saturated carbocycles. The number of aryl methyl sites for hydroxylation is 1. The lowest BCUT2D eigenvalue weighted by atomic mass is 9.76. The van der Waals surface area contributed by atoms with Crippen LogP contribution in [0.5, 0.6) is 0 Å². The van der Waals surface area contributed by atoms with Gasteiger partial charge in [0.1, 0.15) is 0 Å². The van der Waals surface area contributed by atoms with E-state index in [1.807, 2.05) is 19.3 Å². The van der Waals surface area contributed by atoms with Gasteiger partial charge in [0.05, 0.1) is 5.84 Å². The van der Waals surface area contributed by atoms with Gasteiger partial charge in [-0.05, 0) is 60.7 Å². The van der Waals surface area contributed by atoms with E-state index in [-0.39, 0.29) is 17.1 Å². The molecule has 0 bridgehead atoms. The van der Waals surface area contributed by atoms with Crippen LogP contribution in [0, 0.1) is 24.2 Å². The Morgan fingerprint density at radius 1 is 1.24 bits per heavy atom. The van der Waals surface area contributed by atoms with Crippen molar-refractivity contribution in [3.05, 3.63) is 40.3 Å². The van der Waals surface area contributed by atoms with Crippen LogP contribution in [0.4, 0.5) is 0 Å². The van der Waals surface area contributed by atoms with Crippen molar-refractivity contribution in [3.8, 4) is 11.1 Å². The van der Waals surface area contributed by atoms with Crippen molar-refractivity contribution < 1.29 is 4.79 Å². The summed E-state index contributed by atoms with van der Waals surface area (Å²) >= 11 is 1.64. The normalized spacial score (nSPS) is 33.8. The monoisotopic (exact) mass is 351 g/mol. The molecule has 2 fully saturated rings. The van der Waals surface area contributed by atoms with Crippen molar-refractivity contribution in [1.82, 2.24) is 4.98 Å². The SMILES string of the molecule is Cc1cncc(-c2csc(C3(C4CC4)N=C(N)C4CC4(C)C3=O)c2)c1. The Morgan fingerprint density at radius 3 is 2.76 bits per heavy atom. The van der Waals surface area contributed by atoms with E-state index in [9.17, 15) is 4.79 Å². The van der Waals surface area contributed by atoms with E-state index in [4.69, 9.17) is 10.7 Å². The molecule has 0 amide bonds. The number of pyridine rings is 1. The fraction of sp³-hybridized carbons (Fsp3) is 0.450. The molecule has 2 aliphatic carbocycles. The molecule has 4 nitrogen and oxygen atoms in total. The second-order valence-corrected chi connectivity index (χ2v) is 8.94. The number of nitrogens with two attached hydrogens (primary N) is 1. The molecule has 128 valence electrons. The molecular formula is C20H21N3OS. The minimum Gasteiger partial charge on any atom is -0.387 e.